The molecule has 1 amide bonds. The van der Waals surface area contributed by atoms with E-state index in [9.17, 15) is 14.0 Å². The Balaban J connectivity index is 1.78. The molecule has 0 atom stereocenters. The number of hydrogen-bond acceptors (Lipinski definition) is 3. The number of carbonyl (C=O) groups excluding carboxylic acids is 2. The second-order valence-electron chi connectivity index (χ2n) is 5.10. The summed E-state index contributed by atoms with van der Waals surface area (Å²) in [4.78, 5) is 23.1. The molecule has 4 nitrogen and oxygen atoms in total. The summed E-state index contributed by atoms with van der Waals surface area (Å²) in [6.45, 7) is 0.478. The van der Waals surface area contributed by atoms with Gasteiger partial charge in [-0.05, 0) is 41.8 Å². The number of benzene rings is 2. The van der Waals surface area contributed by atoms with E-state index in [4.69, 9.17) is 0 Å². The zero-order chi connectivity index (χ0) is 16.7. The van der Waals surface area contributed by atoms with Gasteiger partial charge in [-0.1, -0.05) is 24.3 Å². The van der Waals surface area contributed by atoms with Crippen LogP contribution in [0.25, 0.3) is 0 Å². The molecule has 2 aromatic carbocycles. The largest absolute Gasteiger partial charge is 0.465 e. The summed E-state index contributed by atoms with van der Waals surface area (Å²) in [5, 5.41) is 2.79. The van der Waals surface area contributed by atoms with E-state index in [1.165, 1.54) is 19.2 Å². The lowest BCUT2D eigenvalue weighted by molar-refractivity contribution is -0.120. The summed E-state index contributed by atoms with van der Waals surface area (Å²) >= 11 is 0. The Morgan fingerprint density at radius 3 is 2.48 bits per heavy atom. The lowest BCUT2D eigenvalue weighted by Crippen LogP contribution is -2.27. The maximum atomic E-state index is 13.0. The lowest BCUT2D eigenvalue weighted by atomic mass is 10.1. The summed E-state index contributed by atoms with van der Waals surface area (Å²) in [6.07, 6.45) is 0.801. The Kier molecular flexibility index (Phi) is 5.86. The van der Waals surface area contributed by atoms with E-state index in [1.807, 2.05) is 12.1 Å². The van der Waals surface area contributed by atoms with Gasteiger partial charge in [-0.25, -0.2) is 9.18 Å². The van der Waals surface area contributed by atoms with Gasteiger partial charge in [0, 0.05) is 6.54 Å². The summed E-state index contributed by atoms with van der Waals surface area (Å²) in [5.74, 6) is -0.872. The third-order valence-electron chi connectivity index (χ3n) is 3.36. The van der Waals surface area contributed by atoms with Crippen LogP contribution in [-0.4, -0.2) is 25.5 Å². The smallest absolute Gasteiger partial charge is 0.337 e. The molecule has 120 valence electrons. The number of rotatable bonds is 6. The van der Waals surface area contributed by atoms with E-state index in [0.717, 1.165) is 5.56 Å². The standard InChI is InChI=1S/C18H18FNO3/c1-23-18(22)15-7-5-13(6-8-15)9-10-20-17(21)12-14-3-2-4-16(19)11-14/h2-8,11H,9-10,12H2,1H3,(H,20,21). The molecule has 23 heavy (non-hydrogen) atoms. The van der Waals surface area contributed by atoms with Crippen LogP contribution < -0.4 is 5.32 Å². The molecule has 0 aromatic heterocycles. The van der Waals surface area contributed by atoms with E-state index in [0.29, 0.717) is 24.1 Å². The average molecular weight is 315 g/mol. The number of methoxy groups -OCH3 is 1. The van der Waals surface area contributed by atoms with Gasteiger partial charge >= 0.3 is 5.97 Å². The summed E-state index contributed by atoms with van der Waals surface area (Å²) in [7, 11) is 1.34. The summed E-state index contributed by atoms with van der Waals surface area (Å²) in [6, 6.07) is 13.0. The first kappa shape index (κ1) is 16.7. The van der Waals surface area contributed by atoms with Crippen LogP contribution in [0.4, 0.5) is 4.39 Å². The van der Waals surface area contributed by atoms with Crippen LogP contribution in [0.1, 0.15) is 21.5 Å². The fourth-order valence-electron chi connectivity index (χ4n) is 2.17. The molecule has 0 aliphatic carbocycles. The quantitative estimate of drug-likeness (QED) is 0.833. The van der Waals surface area contributed by atoms with Crippen molar-refractivity contribution < 1.29 is 18.7 Å². The number of amides is 1. The van der Waals surface area contributed by atoms with Gasteiger partial charge in [0.25, 0.3) is 0 Å². The molecular weight excluding hydrogens is 297 g/mol. The third-order valence-corrected chi connectivity index (χ3v) is 3.36. The second-order valence-corrected chi connectivity index (χ2v) is 5.10. The van der Waals surface area contributed by atoms with Crippen LogP contribution in [0.15, 0.2) is 48.5 Å². The summed E-state index contributed by atoms with van der Waals surface area (Å²) in [5.41, 5.74) is 2.14. The van der Waals surface area contributed by atoms with Crippen LogP contribution in [0, 0.1) is 5.82 Å². The Hall–Kier alpha value is -2.69. The highest BCUT2D eigenvalue weighted by Gasteiger charge is 2.06. The van der Waals surface area contributed by atoms with Crippen molar-refractivity contribution in [2.45, 2.75) is 12.8 Å². The molecule has 0 bridgehead atoms. The minimum atomic E-state index is -0.375. The first-order chi connectivity index (χ1) is 11.1. The number of carbonyl (C=O) groups is 2. The van der Waals surface area contributed by atoms with Crippen molar-refractivity contribution in [1.82, 2.24) is 5.32 Å². The molecule has 0 fully saturated rings. The van der Waals surface area contributed by atoms with Gasteiger partial charge in [-0.2, -0.15) is 0 Å². The Bertz CT molecular complexity index is 683. The van der Waals surface area contributed by atoms with Gasteiger partial charge in [-0.3, -0.25) is 4.79 Å². The Labute approximate surface area is 134 Å². The van der Waals surface area contributed by atoms with Crippen molar-refractivity contribution in [3.63, 3.8) is 0 Å². The van der Waals surface area contributed by atoms with E-state index < -0.39 is 0 Å². The predicted octanol–water partition coefficient (Wildman–Crippen LogP) is 2.51. The highest BCUT2D eigenvalue weighted by molar-refractivity contribution is 5.89. The maximum absolute atomic E-state index is 13.0. The minimum absolute atomic E-state index is 0.151. The van der Waals surface area contributed by atoms with Gasteiger partial charge in [0.15, 0.2) is 0 Å². The normalized spacial score (nSPS) is 10.2. The number of nitrogens with one attached hydrogen (secondary N) is 1. The molecule has 0 aliphatic rings. The zero-order valence-electron chi connectivity index (χ0n) is 12.8. The van der Waals surface area contributed by atoms with Gasteiger partial charge in [0.1, 0.15) is 5.82 Å². The first-order valence-electron chi connectivity index (χ1n) is 7.27. The molecule has 0 heterocycles. The Morgan fingerprint density at radius 1 is 1.09 bits per heavy atom. The second kappa shape index (κ2) is 8.08. The zero-order valence-corrected chi connectivity index (χ0v) is 12.8. The molecule has 0 unspecified atom stereocenters. The van der Waals surface area contributed by atoms with Crippen LogP contribution in [0.2, 0.25) is 0 Å². The highest BCUT2D eigenvalue weighted by atomic mass is 19.1. The third kappa shape index (κ3) is 5.21. The minimum Gasteiger partial charge on any atom is -0.465 e. The predicted molar refractivity (Wildman–Crippen MR) is 84.6 cm³/mol. The van der Waals surface area contributed by atoms with Crippen molar-refractivity contribution in [2.75, 3.05) is 13.7 Å². The van der Waals surface area contributed by atoms with Gasteiger partial charge in [-0.15, -0.1) is 0 Å². The van der Waals surface area contributed by atoms with Crippen LogP contribution in [0.3, 0.4) is 0 Å². The lowest BCUT2D eigenvalue weighted by Gasteiger charge is -2.06. The molecule has 0 saturated heterocycles. The van der Waals surface area contributed by atoms with Gasteiger partial charge < -0.3 is 10.1 Å². The highest BCUT2D eigenvalue weighted by Crippen LogP contribution is 2.07. The number of halogens is 1. The average Bonchev–Trinajstić information content (AvgIpc) is 2.55. The van der Waals surface area contributed by atoms with Crippen molar-refractivity contribution in [1.29, 1.82) is 0 Å². The first-order valence-corrected chi connectivity index (χ1v) is 7.27. The molecule has 2 rings (SSSR count). The van der Waals surface area contributed by atoms with E-state index >= 15 is 0 Å². The molecule has 0 aliphatic heterocycles. The van der Waals surface area contributed by atoms with Gasteiger partial charge in [0.05, 0.1) is 19.1 Å². The van der Waals surface area contributed by atoms with Crippen LogP contribution in [0.5, 0.6) is 0 Å². The monoisotopic (exact) mass is 315 g/mol. The van der Waals surface area contributed by atoms with E-state index in [2.05, 4.69) is 10.1 Å². The van der Waals surface area contributed by atoms with E-state index in [-0.39, 0.29) is 24.1 Å². The fraction of sp³-hybridized carbons (Fsp3) is 0.222. The SMILES string of the molecule is COC(=O)c1ccc(CCNC(=O)Cc2cccc(F)c2)cc1. The van der Waals surface area contributed by atoms with Crippen molar-refractivity contribution >= 4 is 11.9 Å². The number of esters is 1. The topological polar surface area (TPSA) is 55.4 Å². The fourth-order valence-corrected chi connectivity index (χ4v) is 2.17. The molecule has 5 heteroatoms. The molecule has 2 aromatic rings. The molecule has 0 saturated carbocycles. The summed E-state index contributed by atoms with van der Waals surface area (Å²) < 4.78 is 17.7. The Morgan fingerprint density at radius 2 is 1.83 bits per heavy atom. The van der Waals surface area contributed by atoms with Crippen molar-refractivity contribution in [2.24, 2.45) is 0 Å². The van der Waals surface area contributed by atoms with Gasteiger partial charge in [0.2, 0.25) is 5.91 Å². The maximum Gasteiger partial charge on any atom is 0.337 e. The van der Waals surface area contributed by atoms with E-state index in [1.54, 1.807) is 24.3 Å². The molecule has 1 N–H and O–H groups in total. The van der Waals surface area contributed by atoms with Crippen LogP contribution >= 0.6 is 0 Å². The van der Waals surface area contributed by atoms with Crippen molar-refractivity contribution in [3.05, 3.63) is 71.0 Å². The molecule has 0 spiro atoms. The number of hydrogen-bond donors (Lipinski definition) is 1. The van der Waals surface area contributed by atoms with Crippen molar-refractivity contribution in [3.8, 4) is 0 Å². The molecule has 0 radical (unpaired) electrons. The van der Waals surface area contributed by atoms with Crippen LogP contribution in [-0.2, 0) is 22.4 Å². The molecular formula is C18H18FNO3. The number of ether oxygens (including phenoxy) is 1.